The van der Waals surface area contributed by atoms with Crippen LogP contribution >= 0.6 is 0 Å². The Morgan fingerprint density at radius 1 is 1.11 bits per heavy atom. The summed E-state index contributed by atoms with van der Waals surface area (Å²) in [7, 11) is 5.15. The first-order valence-electron chi connectivity index (χ1n) is 12.7. The topological polar surface area (TPSA) is 73.2 Å². The molecule has 4 rings (SSSR count). The Morgan fingerprint density at radius 3 is 2.72 bits per heavy atom. The number of aromatic nitrogens is 1. The number of para-hydroxylation sites is 1. The molecule has 36 heavy (non-hydrogen) atoms. The Morgan fingerprint density at radius 2 is 1.94 bits per heavy atom. The summed E-state index contributed by atoms with van der Waals surface area (Å²) in [4.78, 5) is 30.5. The number of likely N-dealkylation sites (tertiary alicyclic amines) is 1. The Hall–Kier alpha value is -3.10. The van der Waals surface area contributed by atoms with Gasteiger partial charge in [-0.05, 0) is 32.5 Å². The monoisotopic (exact) mass is 495 g/mol. The van der Waals surface area contributed by atoms with Gasteiger partial charge in [0.1, 0.15) is 17.1 Å². The number of pyridine rings is 1. The van der Waals surface area contributed by atoms with Crippen LogP contribution in [-0.4, -0.2) is 80.9 Å². The van der Waals surface area contributed by atoms with Gasteiger partial charge in [-0.2, -0.15) is 0 Å². The molecule has 8 heteroatoms. The van der Waals surface area contributed by atoms with Gasteiger partial charge in [0.2, 0.25) is 0 Å². The van der Waals surface area contributed by atoms with Crippen LogP contribution in [0.2, 0.25) is 0 Å². The number of rotatable bonds is 8. The molecule has 0 amide bonds. The molecule has 0 saturated carbocycles. The van der Waals surface area contributed by atoms with Crippen LogP contribution in [0.4, 0.5) is 0 Å². The van der Waals surface area contributed by atoms with Crippen LogP contribution in [-0.2, 0) is 17.7 Å². The zero-order valence-corrected chi connectivity index (χ0v) is 21.6. The van der Waals surface area contributed by atoms with Gasteiger partial charge in [-0.1, -0.05) is 30.4 Å². The van der Waals surface area contributed by atoms with Crippen molar-refractivity contribution in [1.82, 2.24) is 14.4 Å². The lowest BCUT2D eigenvalue weighted by molar-refractivity contribution is 0.0590. The van der Waals surface area contributed by atoms with Gasteiger partial charge in [0.05, 0.1) is 20.8 Å². The molecule has 0 N–H and O–H groups in total. The number of nitrogens with zero attached hydrogens (tertiary/aromatic N) is 3. The third-order valence-corrected chi connectivity index (χ3v) is 7.07. The standard InChI is InChI=1S/C28H37N3O5/c1-29-13-6-8-21(19-29)20-36-25-18-26(32)31-17-16-30(15-12-23(31)27(25)28(33)35-3)14-7-10-22-9-4-5-11-24(22)34-2/h4-5,7,9-11,18,21H,6,8,12-17,19-20H2,1-3H3/b10-7+/t21-/m0/s1. The van der Waals surface area contributed by atoms with E-state index in [-0.39, 0.29) is 5.56 Å². The van der Waals surface area contributed by atoms with Crippen LogP contribution in [0.15, 0.2) is 41.2 Å². The highest BCUT2D eigenvalue weighted by Crippen LogP contribution is 2.26. The Bertz CT molecular complexity index is 1140. The number of methoxy groups -OCH3 is 2. The third kappa shape index (κ3) is 6.17. The first-order valence-corrected chi connectivity index (χ1v) is 12.7. The summed E-state index contributed by atoms with van der Waals surface area (Å²) in [6, 6.07) is 9.35. The minimum absolute atomic E-state index is 0.139. The summed E-state index contributed by atoms with van der Waals surface area (Å²) in [6.45, 7) is 5.19. The summed E-state index contributed by atoms with van der Waals surface area (Å²) >= 11 is 0. The van der Waals surface area contributed by atoms with E-state index in [9.17, 15) is 9.59 Å². The van der Waals surface area contributed by atoms with E-state index in [0.29, 0.717) is 49.0 Å². The molecule has 3 heterocycles. The molecule has 1 aromatic heterocycles. The van der Waals surface area contributed by atoms with Crippen LogP contribution in [0.1, 0.15) is 34.5 Å². The lowest BCUT2D eigenvalue weighted by Gasteiger charge is -2.29. The molecule has 1 saturated heterocycles. The largest absolute Gasteiger partial charge is 0.496 e. The molecule has 2 aliphatic rings. The van der Waals surface area contributed by atoms with Gasteiger partial charge >= 0.3 is 5.97 Å². The molecule has 1 aromatic carbocycles. The summed E-state index contributed by atoms with van der Waals surface area (Å²) in [5.41, 5.74) is 1.96. The number of piperidine rings is 1. The molecule has 0 bridgehead atoms. The van der Waals surface area contributed by atoms with Crippen molar-refractivity contribution in [3.8, 4) is 11.5 Å². The predicted octanol–water partition coefficient (Wildman–Crippen LogP) is 2.94. The number of carbonyl (C=O) groups excluding carboxylic acids is 1. The van der Waals surface area contributed by atoms with Crippen LogP contribution in [0, 0.1) is 5.92 Å². The third-order valence-electron chi connectivity index (χ3n) is 7.07. The van der Waals surface area contributed by atoms with Crippen molar-refractivity contribution in [3.05, 3.63) is 63.6 Å². The average Bonchev–Trinajstić information content (AvgIpc) is 3.10. The maximum atomic E-state index is 13.1. The van der Waals surface area contributed by atoms with E-state index in [1.807, 2.05) is 24.3 Å². The molecular formula is C28H37N3O5. The van der Waals surface area contributed by atoms with Gasteiger partial charge in [-0.15, -0.1) is 0 Å². The molecular weight excluding hydrogens is 458 g/mol. The van der Waals surface area contributed by atoms with E-state index in [1.165, 1.54) is 13.2 Å². The summed E-state index contributed by atoms with van der Waals surface area (Å²) < 4.78 is 18.4. The highest BCUT2D eigenvalue weighted by molar-refractivity contribution is 5.93. The van der Waals surface area contributed by atoms with Gasteiger partial charge in [0.15, 0.2) is 0 Å². The molecule has 8 nitrogen and oxygen atoms in total. The van der Waals surface area contributed by atoms with Gasteiger partial charge < -0.3 is 23.7 Å². The second-order valence-corrected chi connectivity index (χ2v) is 9.59. The van der Waals surface area contributed by atoms with Crippen molar-refractivity contribution < 1.29 is 19.0 Å². The second kappa shape index (κ2) is 12.2. The number of hydrogen-bond acceptors (Lipinski definition) is 7. The van der Waals surface area contributed by atoms with Crippen LogP contribution in [0.25, 0.3) is 6.08 Å². The molecule has 0 radical (unpaired) electrons. The zero-order valence-electron chi connectivity index (χ0n) is 21.6. The van der Waals surface area contributed by atoms with Crippen LogP contribution in [0.5, 0.6) is 11.5 Å². The fourth-order valence-corrected chi connectivity index (χ4v) is 5.16. The Kier molecular flexibility index (Phi) is 8.83. The summed E-state index contributed by atoms with van der Waals surface area (Å²) in [6.07, 6.45) is 6.93. The van der Waals surface area contributed by atoms with E-state index in [0.717, 1.165) is 50.3 Å². The number of fused-ring (bicyclic) bond motifs is 1. The van der Waals surface area contributed by atoms with Gasteiger partial charge in [0, 0.05) is 62.4 Å². The van der Waals surface area contributed by atoms with Gasteiger partial charge in [-0.3, -0.25) is 9.69 Å². The minimum Gasteiger partial charge on any atom is -0.496 e. The van der Waals surface area contributed by atoms with Crippen molar-refractivity contribution in [2.45, 2.75) is 25.8 Å². The molecule has 2 aliphatic heterocycles. The molecule has 1 atom stereocenters. The SMILES string of the molecule is COC(=O)c1c(OC[C@H]2CCCN(C)C2)cc(=O)n2c1CCN(C/C=C/c1ccccc1OC)CC2. The minimum atomic E-state index is -0.459. The van der Waals surface area contributed by atoms with Crippen LogP contribution < -0.4 is 15.0 Å². The Balaban J connectivity index is 1.49. The lowest BCUT2D eigenvalue weighted by Crippen LogP contribution is -2.35. The second-order valence-electron chi connectivity index (χ2n) is 9.59. The number of hydrogen-bond donors (Lipinski definition) is 0. The van der Waals surface area contributed by atoms with E-state index in [2.05, 4.69) is 29.0 Å². The molecule has 1 fully saturated rings. The van der Waals surface area contributed by atoms with Crippen molar-refractivity contribution in [2.75, 3.05) is 60.6 Å². The number of carbonyl (C=O) groups is 1. The quantitative estimate of drug-likeness (QED) is 0.522. The molecule has 0 aliphatic carbocycles. The van der Waals surface area contributed by atoms with Crippen molar-refractivity contribution in [3.63, 3.8) is 0 Å². The normalized spacial score (nSPS) is 19.0. The van der Waals surface area contributed by atoms with Gasteiger partial charge in [-0.25, -0.2) is 4.79 Å². The lowest BCUT2D eigenvalue weighted by atomic mass is 9.99. The summed E-state index contributed by atoms with van der Waals surface area (Å²) in [5, 5.41) is 0. The molecule has 0 unspecified atom stereocenters. The first kappa shape index (κ1) is 26.0. The summed E-state index contributed by atoms with van der Waals surface area (Å²) in [5.74, 6) is 1.09. The van der Waals surface area contributed by atoms with E-state index in [1.54, 1.807) is 11.7 Å². The van der Waals surface area contributed by atoms with Crippen molar-refractivity contribution in [2.24, 2.45) is 5.92 Å². The van der Waals surface area contributed by atoms with Crippen molar-refractivity contribution in [1.29, 1.82) is 0 Å². The molecule has 2 aromatic rings. The van der Waals surface area contributed by atoms with E-state index >= 15 is 0 Å². The number of ether oxygens (including phenoxy) is 3. The maximum Gasteiger partial charge on any atom is 0.343 e. The fraction of sp³-hybridized carbons (Fsp3) is 0.500. The highest BCUT2D eigenvalue weighted by Gasteiger charge is 2.27. The zero-order chi connectivity index (χ0) is 25.5. The van der Waals surface area contributed by atoms with Crippen molar-refractivity contribution >= 4 is 12.0 Å². The smallest absolute Gasteiger partial charge is 0.343 e. The Labute approximate surface area is 213 Å². The average molecular weight is 496 g/mol. The molecule has 0 spiro atoms. The number of esters is 1. The van der Waals surface area contributed by atoms with E-state index < -0.39 is 5.97 Å². The first-order chi connectivity index (χ1) is 17.5. The predicted molar refractivity (Wildman–Crippen MR) is 140 cm³/mol. The van der Waals surface area contributed by atoms with E-state index in [4.69, 9.17) is 14.2 Å². The van der Waals surface area contributed by atoms with Crippen LogP contribution in [0.3, 0.4) is 0 Å². The maximum absolute atomic E-state index is 13.1. The number of benzene rings is 1. The molecule has 194 valence electrons. The highest BCUT2D eigenvalue weighted by atomic mass is 16.5. The van der Waals surface area contributed by atoms with Gasteiger partial charge in [0.25, 0.3) is 5.56 Å². The fourth-order valence-electron chi connectivity index (χ4n) is 5.16.